The molecule has 1 rings (SSSR count). The number of likely N-dealkylation sites (tertiary alicyclic amines) is 1. The van der Waals surface area contributed by atoms with Gasteiger partial charge in [0.15, 0.2) is 0 Å². The molecule has 18 heavy (non-hydrogen) atoms. The van der Waals surface area contributed by atoms with Crippen LogP contribution in [0, 0.1) is 0 Å². The molecule has 0 radical (unpaired) electrons. The van der Waals surface area contributed by atoms with Gasteiger partial charge in [-0.1, -0.05) is 12.8 Å². The van der Waals surface area contributed by atoms with Gasteiger partial charge in [-0.05, 0) is 51.3 Å². The van der Waals surface area contributed by atoms with Crippen LogP contribution in [0.5, 0.6) is 0 Å². The molecule has 0 aromatic heterocycles. The van der Waals surface area contributed by atoms with Crippen molar-refractivity contribution in [3.05, 3.63) is 0 Å². The largest absolute Gasteiger partial charge is 0.466 e. The van der Waals surface area contributed by atoms with E-state index in [-0.39, 0.29) is 5.97 Å². The summed E-state index contributed by atoms with van der Waals surface area (Å²) in [5, 5.41) is 0. The Bertz CT molecular complexity index is 228. The molecule has 3 nitrogen and oxygen atoms in total. The highest BCUT2D eigenvalue weighted by Crippen LogP contribution is 2.18. The van der Waals surface area contributed by atoms with Crippen molar-refractivity contribution >= 4 is 17.7 Å². The van der Waals surface area contributed by atoms with Gasteiger partial charge in [-0.15, -0.1) is 0 Å². The number of carbonyl (C=O) groups excluding carboxylic acids is 1. The Labute approximate surface area is 116 Å². The third kappa shape index (κ3) is 6.10. The van der Waals surface area contributed by atoms with Crippen LogP contribution in [-0.4, -0.2) is 48.6 Å². The van der Waals surface area contributed by atoms with Crippen molar-refractivity contribution in [3.63, 3.8) is 0 Å². The minimum atomic E-state index is -0.0344. The SMILES string of the molecule is CCOC(=O)CC(CCSC)N1CCCCCC1. The van der Waals surface area contributed by atoms with Gasteiger partial charge in [-0.3, -0.25) is 9.69 Å². The Morgan fingerprint density at radius 3 is 2.50 bits per heavy atom. The quantitative estimate of drug-likeness (QED) is 0.667. The second-order valence-corrected chi connectivity index (χ2v) is 5.88. The average molecular weight is 273 g/mol. The first-order valence-electron chi connectivity index (χ1n) is 7.16. The van der Waals surface area contributed by atoms with Crippen LogP contribution >= 0.6 is 11.8 Å². The molecule has 0 aromatic rings. The lowest BCUT2D eigenvalue weighted by molar-refractivity contribution is -0.144. The first kappa shape index (κ1) is 15.8. The summed E-state index contributed by atoms with van der Waals surface area (Å²) in [6.07, 6.45) is 9.02. The van der Waals surface area contributed by atoms with Crippen LogP contribution in [-0.2, 0) is 9.53 Å². The molecule has 1 heterocycles. The van der Waals surface area contributed by atoms with Gasteiger partial charge in [0.1, 0.15) is 0 Å². The Morgan fingerprint density at radius 2 is 1.94 bits per heavy atom. The number of rotatable bonds is 7. The lowest BCUT2D eigenvalue weighted by atomic mass is 10.1. The van der Waals surface area contributed by atoms with E-state index in [0.717, 1.165) is 25.3 Å². The monoisotopic (exact) mass is 273 g/mol. The lowest BCUT2D eigenvalue weighted by Gasteiger charge is -2.30. The van der Waals surface area contributed by atoms with E-state index in [9.17, 15) is 4.79 Å². The van der Waals surface area contributed by atoms with Crippen molar-refractivity contribution in [3.8, 4) is 0 Å². The third-order valence-electron chi connectivity index (χ3n) is 3.52. The molecule has 1 aliphatic rings. The van der Waals surface area contributed by atoms with Gasteiger partial charge < -0.3 is 4.74 Å². The fourth-order valence-corrected chi connectivity index (χ4v) is 3.05. The summed E-state index contributed by atoms with van der Waals surface area (Å²) < 4.78 is 5.10. The molecule has 106 valence electrons. The van der Waals surface area contributed by atoms with Gasteiger partial charge in [0, 0.05) is 6.04 Å². The molecule has 1 aliphatic heterocycles. The summed E-state index contributed by atoms with van der Waals surface area (Å²) in [5.74, 6) is 1.09. The minimum absolute atomic E-state index is 0.0344. The van der Waals surface area contributed by atoms with E-state index in [1.165, 1.54) is 25.7 Å². The minimum Gasteiger partial charge on any atom is -0.466 e. The summed E-state index contributed by atoms with van der Waals surface area (Å²) in [7, 11) is 0. The van der Waals surface area contributed by atoms with Crippen LogP contribution < -0.4 is 0 Å². The van der Waals surface area contributed by atoms with Crippen molar-refractivity contribution in [1.29, 1.82) is 0 Å². The molecule has 1 unspecified atom stereocenters. The third-order valence-corrected chi connectivity index (χ3v) is 4.16. The molecule has 0 aromatic carbocycles. The van der Waals surface area contributed by atoms with Crippen molar-refractivity contribution in [1.82, 2.24) is 4.90 Å². The molecule has 0 amide bonds. The molecule has 4 heteroatoms. The predicted octanol–water partition coefficient (Wildman–Crippen LogP) is 2.94. The van der Waals surface area contributed by atoms with E-state index >= 15 is 0 Å². The van der Waals surface area contributed by atoms with Crippen LogP contribution in [0.3, 0.4) is 0 Å². The van der Waals surface area contributed by atoms with E-state index in [1.54, 1.807) is 0 Å². The van der Waals surface area contributed by atoms with Crippen LogP contribution in [0.15, 0.2) is 0 Å². The van der Waals surface area contributed by atoms with E-state index in [0.29, 0.717) is 19.1 Å². The zero-order valence-electron chi connectivity index (χ0n) is 11.8. The first-order valence-corrected chi connectivity index (χ1v) is 8.56. The van der Waals surface area contributed by atoms with E-state index in [1.807, 2.05) is 18.7 Å². The number of esters is 1. The van der Waals surface area contributed by atoms with Crippen molar-refractivity contribution < 1.29 is 9.53 Å². The van der Waals surface area contributed by atoms with Crippen molar-refractivity contribution in [2.75, 3.05) is 31.7 Å². The maximum Gasteiger partial charge on any atom is 0.307 e. The van der Waals surface area contributed by atoms with Crippen molar-refractivity contribution in [2.24, 2.45) is 0 Å². The Hall–Kier alpha value is -0.220. The van der Waals surface area contributed by atoms with Gasteiger partial charge in [-0.2, -0.15) is 11.8 Å². The zero-order valence-corrected chi connectivity index (χ0v) is 12.6. The number of nitrogens with zero attached hydrogens (tertiary/aromatic N) is 1. The Kier molecular flexibility index (Phi) is 8.51. The molecule has 1 fully saturated rings. The zero-order chi connectivity index (χ0) is 13.2. The summed E-state index contributed by atoms with van der Waals surface area (Å²) in [6, 6.07) is 0.384. The highest BCUT2D eigenvalue weighted by molar-refractivity contribution is 7.98. The van der Waals surface area contributed by atoms with Crippen LogP contribution in [0.2, 0.25) is 0 Å². The topological polar surface area (TPSA) is 29.5 Å². The number of thioether (sulfide) groups is 1. The van der Waals surface area contributed by atoms with Gasteiger partial charge in [0.05, 0.1) is 13.0 Å². The van der Waals surface area contributed by atoms with Gasteiger partial charge in [0.25, 0.3) is 0 Å². The molecule has 0 saturated carbocycles. The molecule has 0 bridgehead atoms. The number of carbonyl (C=O) groups is 1. The van der Waals surface area contributed by atoms with E-state index in [4.69, 9.17) is 4.74 Å². The number of hydrogen-bond donors (Lipinski definition) is 0. The summed E-state index contributed by atoms with van der Waals surface area (Å²) in [4.78, 5) is 14.2. The van der Waals surface area contributed by atoms with Crippen LogP contribution in [0.1, 0.15) is 45.4 Å². The maximum atomic E-state index is 11.7. The molecular weight excluding hydrogens is 246 g/mol. The molecule has 1 saturated heterocycles. The molecule has 0 N–H and O–H groups in total. The Morgan fingerprint density at radius 1 is 1.28 bits per heavy atom. The lowest BCUT2D eigenvalue weighted by Crippen LogP contribution is -2.38. The van der Waals surface area contributed by atoms with Crippen molar-refractivity contribution in [2.45, 2.75) is 51.5 Å². The number of ether oxygens (including phenoxy) is 1. The average Bonchev–Trinajstić information content (AvgIpc) is 2.63. The van der Waals surface area contributed by atoms with Gasteiger partial charge >= 0.3 is 5.97 Å². The standard InChI is InChI=1S/C14H27NO2S/c1-3-17-14(16)12-13(8-11-18-2)15-9-6-4-5-7-10-15/h13H,3-12H2,1-2H3. The fourth-order valence-electron chi connectivity index (χ4n) is 2.54. The van der Waals surface area contributed by atoms with Crippen LogP contribution in [0.4, 0.5) is 0 Å². The molecule has 0 spiro atoms. The summed E-state index contributed by atoms with van der Waals surface area (Å²) >= 11 is 1.86. The van der Waals surface area contributed by atoms with E-state index in [2.05, 4.69) is 11.2 Å². The van der Waals surface area contributed by atoms with Gasteiger partial charge in [0.2, 0.25) is 0 Å². The first-order chi connectivity index (χ1) is 8.77. The summed E-state index contributed by atoms with van der Waals surface area (Å²) in [5.41, 5.74) is 0. The van der Waals surface area contributed by atoms with Gasteiger partial charge in [-0.25, -0.2) is 0 Å². The molecular formula is C14H27NO2S. The normalized spacial score (nSPS) is 19.2. The number of hydrogen-bond acceptors (Lipinski definition) is 4. The highest BCUT2D eigenvalue weighted by atomic mass is 32.2. The summed E-state index contributed by atoms with van der Waals surface area (Å²) in [6.45, 7) is 4.67. The maximum absolute atomic E-state index is 11.7. The second kappa shape index (κ2) is 9.68. The second-order valence-electron chi connectivity index (χ2n) is 4.89. The molecule has 0 aliphatic carbocycles. The van der Waals surface area contributed by atoms with Crippen LogP contribution in [0.25, 0.3) is 0 Å². The fraction of sp³-hybridized carbons (Fsp3) is 0.929. The highest BCUT2D eigenvalue weighted by Gasteiger charge is 2.22. The van der Waals surface area contributed by atoms with E-state index < -0.39 is 0 Å². The Balaban J connectivity index is 2.48. The molecule has 1 atom stereocenters. The predicted molar refractivity (Wildman–Crippen MR) is 78.1 cm³/mol. The smallest absolute Gasteiger partial charge is 0.307 e.